The molecule has 0 bridgehead atoms. The van der Waals surface area contributed by atoms with Crippen LogP contribution in [0.2, 0.25) is 0 Å². The van der Waals surface area contributed by atoms with Crippen molar-refractivity contribution in [3.63, 3.8) is 0 Å². The minimum atomic E-state index is 0.270. The molecule has 0 aromatic heterocycles. The average Bonchev–Trinajstić information content (AvgIpc) is 1.69. The van der Waals surface area contributed by atoms with Gasteiger partial charge in [0.15, 0.2) is 5.12 Å². The molecule has 0 spiro atoms. The summed E-state index contributed by atoms with van der Waals surface area (Å²) in [5, 5.41) is 0.270. The first kappa shape index (κ1) is 5.16. The Labute approximate surface area is 47.5 Å². The first-order valence-corrected chi connectivity index (χ1v) is 3.24. The molecule has 1 aliphatic rings. The van der Waals surface area contributed by atoms with Crippen LogP contribution in [-0.2, 0) is 4.79 Å². The van der Waals surface area contributed by atoms with Crippen molar-refractivity contribution in [3.8, 4) is 0 Å². The maximum atomic E-state index is 10.4. The zero-order valence-corrected chi connectivity index (χ0v) is 4.75. The lowest BCUT2D eigenvalue weighted by atomic mass is 10.3. The Morgan fingerprint density at radius 1 is 1.71 bits per heavy atom. The number of carbonyl (C=O) groups is 1. The van der Waals surface area contributed by atoms with Crippen LogP contribution < -0.4 is 0 Å². The molecule has 0 aliphatic carbocycles. The minimum Gasteiger partial charge on any atom is -0.287 e. The van der Waals surface area contributed by atoms with Crippen molar-refractivity contribution >= 4 is 16.9 Å². The number of carbonyl (C=O) groups excluding carboxylic acids is 1. The van der Waals surface area contributed by atoms with E-state index in [4.69, 9.17) is 0 Å². The molecule has 38 valence electrons. The van der Waals surface area contributed by atoms with Crippen LogP contribution in [0.3, 0.4) is 0 Å². The van der Waals surface area contributed by atoms with E-state index in [9.17, 15) is 4.79 Å². The molecule has 1 aliphatic heterocycles. The molecule has 0 amide bonds. The fourth-order valence-electron chi connectivity index (χ4n) is 0.479. The van der Waals surface area contributed by atoms with Gasteiger partial charge in [0, 0.05) is 12.2 Å². The number of rotatable bonds is 0. The van der Waals surface area contributed by atoms with Gasteiger partial charge in [-0.05, 0) is 12.8 Å². The van der Waals surface area contributed by atoms with Gasteiger partial charge in [-0.2, -0.15) is 0 Å². The highest BCUT2D eigenvalue weighted by Crippen LogP contribution is 2.16. The molecular formula is C5H6OS. The highest BCUT2D eigenvalue weighted by molar-refractivity contribution is 8.13. The number of hydrogen-bond acceptors (Lipinski definition) is 2. The van der Waals surface area contributed by atoms with Gasteiger partial charge in [-0.1, -0.05) is 11.8 Å². The van der Waals surface area contributed by atoms with Crippen LogP contribution in [0.4, 0.5) is 0 Å². The van der Waals surface area contributed by atoms with Crippen molar-refractivity contribution in [2.45, 2.75) is 12.8 Å². The van der Waals surface area contributed by atoms with Crippen molar-refractivity contribution in [2.24, 2.45) is 0 Å². The fourth-order valence-corrected chi connectivity index (χ4v) is 1.16. The molecule has 1 saturated heterocycles. The Morgan fingerprint density at radius 2 is 2.57 bits per heavy atom. The van der Waals surface area contributed by atoms with E-state index in [1.54, 1.807) is 0 Å². The Hall–Kier alpha value is 0.0200. The molecule has 1 nitrogen and oxygen atoms in total. The van der Waals surface area contributed by atoms with Gasteiger partial charge < -0.3 is 0 Å². The van der Waals surface area contributed by atoms with Gasteiger partial charge in [0.1, 0.15) is 0 Å². The second-order valence-electron chi connectivity index (χ2n) is 1.40. The second kappa shape index (κ2) is 2.36. The van der Waals surface area contributed by atoms with E-state index in [1.165, 1.54) is 11.8 Å². The van der Waals surface area contributed by atoms with E-state index in [-0.39, 0.29) is 5.12 Å². The van der Waals surface area contributed by atoms with Crippen molar-refractivity contribution in [3.05, 3.63) is 6.42 Å². The molecule has 0 aromatic rings. The van der Waals surface area contributed by atoms with Gasteiger partial charge in [0.25, 0.3) is 0 Å². The van der Waals surface area contributed by atoms with E-state index in [0.717, 1.165) is 12.2 Å². The molecule has 2 heteroatoms. The summed E-state index contributed by atoms with van der Waals surface area (Å²) in [4.78, 5) is 10.4. The quantitative estimate of drug-likeness (QED) is 0.469. The standard InChI is InChI=1S/C5H6OS/c6-5-3-1-2-4-7-5/h2-4H2. The highest BCUT2D eigenvalue weighted by Gasteiger charge is 2.07. The molecule has 0 saturated carbocycles. The van der Waals surface area contributed by atoms with Crippen LogP contribution in [0.1, 0.15) is 12.8 Å². The SMILES string of the molecule is O=C1C[C]CCS1. The fraction of sp³-hybridized carbons (Fsp3) is 0.600. The lowest BCUT2D eigenvalue weighted by Crippen LogP contribution is -2.00. The average molecular weight is 114 g/mol. The van der Waals surface area contributed by atoms with Crippen molar-refractivity contribution in [1.82, 2.24) is 0 Å². The number of thioether (sulfide) groups is 1. The normalized spacial score (nSPS) is 22.6. The lowest BCUT2D eigenvalue weighted by molar-refractivity contribution is -0.110. The molecule has 2 radical (unpaired) electrons. The largest absolute Gasteiger partial charge is 0.287 e. The Bertz CT molecular complexity index is 72.1. The third kappa shape index (κ3) is 1.51. The maximum absolute atomic E-state index is 10.4. The predicted octanol–water partition coefficient (Wildman–Crippen LogP) is 1.12. The molecule has 1 rings (SSSR count). The summed E-state index contributed by atoms with van der Waals surface area (Å²) in [6.45, 7) is 0. The summed E-state index contributed by atoms with van der Waals surface area (Å²) in [7, 11) is 0. The topological polar surface area (TPSA) is 17.1 Å². The van der Waals surface area contributed by atoms with Crippen molar-refractivity contribution < 1.29 is 4.79 Å². The van der Waals surface area contributed by atoms with Crippen LogP contribution in [0.5, 0.6) is 0 Å². The molecule has 1 heterocycles. The minimum absolute atomic E-state index is 0.270. The Balaban J connectivity index is 2.25. The van der Waals surface area contributed by atoms with Gasteiger partial charge in [-0.3, -0.25) is 4.79 Å². The first-order chi connectivity index (χ1) is 3.39. The molecule has 0 aromatic carbocycles. The first-order valence-electron chi connectivity index (χ1n) is 2.26. The van der Waals surface area contributed by atoms with E-state index in [1.807, 2.05) is 0 Å². The smallest absolute Gasteiger partial charge is 0.189 e. The molecule has 0 unspecified atom stereocenters. The summed E-state index contributed by atoms with van der Waals surface area (Å²) in [6.07, 6.45) is 4.51. The van der Waals surface area contributed by atoms with E-state index < -0.39 is 0 Å². The molecular weight excluding hydrogens is 108 g/mol. The monoisotopic (exact) mass is 114 g/mol. The Morgan fingerprint density at radius 3 is 2.86 bits per heavy atom. The molecule has 1 fully saturated rings. The molecule has 7 heavy (non-hydrogen) atoms. The Kier molecular flexibility index (Phi) is 1.74. The zero-order valence-electron chi connectivity index (χ0n) is 3.94. The third-order valence-electron chi connectivity index (χ3n) is 0.811. The van der Waals surface area contributed by atoms with Crippen LogP contribution >= 0.6 is 11.8 Å². The van der Waals surface area contributed by atoms with Crippen LogP contribution in [0.15, 0.2) is 0 Å². The van der Waals surface area contributed by atoms with Crippen LogP contribution in [0, 0.1) is 6.42 Å². The number of hydrogen-bond donors (Lipinski definition) is 0. The van der Waals surface area contributed by atoms with Crippen molar-refractivity contribution in [2.75, 3.05) is 5.75 Å². The van der Waals surface area contributed by atoms with Crippen molar-refractivity contribution in [1.29, 1.82) is 0 Å². The summed E-state index contributed by atoms with van der Waals surface area (Å²) in [5.74, 6) is 0.943. The van der Waals surface area contributed by atoms with Crippen LogP contribution in [0.25, 0.3) is 0 Å². The molecule has 0 atom stereocenters. The van der Waals surface area contributed by atoms with Gasteiger partial charge in [0.05, 0.1) is 0 Å². The second-order valence-corrected chi connectivity index (χ2v) is 2.55. The molecule has 0 N–H and O–H groups in total. The summed E-state index contributed by atoms with van der Waals surface area (Å²) in [6, 6.07) is 0. The van der Waals surface area contributed by atoms with Gasteiger partial charge in [-0.25, -0.2) is 0 Å². The van der Waals surface area contributed by atoms with Gasteiger partial charge in [0.2, 0.25) is 0 Å². The van der Waals surface area contributed by atoms with E-state index in [2.05, 4.69) is 6.42 Å². The highest BCUT2D eigenvalue weighted by atomic mass is 32.2. The lowest BCUT2D eigenvalue weighted by Gasteiger charge is -2.03. The maximum Gasteiger partial charge on any atom is 0.189 e. The van der Waals surface area contributed by atoms with Gasteiger partial charge >= 0.3 is 0 Å². The summed E-state index contributed by atoms with van der Waals surface area (Å²) < 4.78 is 0. The van der Waals surface area contributed by atoms with Crippen LogP contribution in [-0.4, -0.2) is 10.9 Å². The van der Waals surface area contributed by atoms with Gasteiger partial charge in [-0.15, -0.1) is 0 Å². The summed E-state index contributed by atoms with van der Waals surface area (Å²) in [5.41, 5.74) is 0. The zero-order chi connectivity index (χ0) is 5.11. The third-order valence-corrected chi connectivity index (χ3v) is 1.69. The van der Waals surface area contributed by atoms with E-state index >= 15 is 0 Å². The predicted molar refractivity (Wildman–Crippen MR) is 29.9 cm³/mol. The van der Waals surface area contributed by atoms with E-state index in [0.29, 0.717) is 6.42 Å². The summed E-state index contributed by atoms with van der Waals surface area (Å²) >= 11 is 1.42.